The number of nitriles is 1. The monoisotopic (exact) mass is 431 g/mol. The van der Waals surface area contributed by atoms with Gasteiger partial charge in [-0.15, -0.1) is 0 Å². The summed E-state index contributed by atoms with van der Waals surface area (Å²) in [5.41, 5.74) is 0. The van der Waals surface area contributed by atoms with Crippen molar-refractivity contribution in [2.45, 2.75) is 41.5 Å². The zero-order chi connectivity index (χ0) is 19.9. The maximum atomic E-state index is 13.0. The number of hydrogen-bond acceptors (Lipinski definition) is 5. The van der Waals surface area contributed by atoms with Crippen molar-refractivity contribution in [3.8, 4) is 6.19 Å². The van der Waals surface area contributed by atoms with Crippen LogP contribution in [0.4, 0.5) is 4.79 Å². The molecule has 0 spiro atoms. The van der Waals surface area contributed by atoms with Crippen molar-refractivity contribution < 1.29 is 23.1 Å². The number of nitrogens with zero attached hydrogens (tertiary/aromatic N) is 3. The molecule has 1 aromatic carbocycles. The maximum Gasteiger partial charge on any atom is 0.408 e. The molecule has 1 aliphatic heterocycles. The van der Waals surface area contributed by atoms with E-state index in [2.05, 4.69) is 0 Å². The molecule has 1 heterocycles. The summed E-state index contributed by atoms with van der Waals surface area (Å²) in [6, 6.07) is 2.45. The standard InChI is InChI=1S/C16H15Cl2N3O5S/c17-9-1-4-14(12(18)5-9)27(25,26)11-6-13(20(7-11)16(23)24)15(22)21(8-19)10-2-3-10/h1,4-5,10-11,13H,2-3,6-7H2,(H,23,24)/t11-,13+/m1/s1. The van der Waals surface area contributed by atoms with Gasteiger partial charge in [0.1, 0.15) is 6.04 Å². The SMILES string of the molecule is N#CN(C(=O)[C@@H]1C[C@@H](S(=O)(=O)c2ccc(Cl)cc2Cl)CN1C(=O)O)C1CC1. The van der Waals surface area contributed by atoms with Crippen LogP contribution in [0, 0.1) is 11.5 Å². The molecule has 1 aromatic rings. The van der Waals surface area contributed by atoms with Crippen molar-refractivity contribution in [1.82, 2.24) is 9.80 Å². The van der Waals surface area contributed by atoms with Crippen LogP contribution in [-0.2, 0) is 14.6 Å². The van der Waals surface area contributed by atoms with Gasteiger partial charge in [0, 0.05) is 17.6 Å². The van der Waals surface area contributed by atoms with Crippen molar-refractivity contribution in [3.05, 3.63) is 28.2 Å². The van der Waals surface area contributed by atoms with Gasteiger partial charge in [-0.05, 0) is 37.5 Å². The second-order valence-corrected chi connectivity index (χ2v) is 9.51. The normalized spacial score (nSPS) is 22.3. The Morgan fingerprint density at radius 2 is 1.96 bits per heavy atom. The first-order chi connectivity index (χ1) is 12.7. The van der Waals surface area contributed by atoms with Gasteiger partial charge in [0.15, 0.2) is 16.0 Å². The van der Waals surface area contributed by atoms with Crippen LogP contribution >= 0.6 is 23.2 Å². The number of likely N-dealkylation sites (tertiary alicyclic amines) is 1. The van der Waals surface area contributed by atoms with Gasteiger partial charge in [0.25, 0.3) is 5.91 Å². The number of carboxylic acid groups (broad SMARTS) is 1. The molecule has 0 aromatic heterocycles. The van der Waals surface area contributed by atoms with E-state index in [0.29, 0.717) is 12.8 Å². The lowest BCUT2D eigenvalue weighted by Gasteiger charge is -2.23. The lowest BCUT2D eigenvalue weighted by atomic mass is 10.2. The Bertz CT molecular complexity index is 942. The number of benzene rings is 1. The van der Waals surface area contributed by atoms with E-state index >= 15 is 0 Å². The fourth-order valence-electron chi connectivity index (χ4n) is 3.16. The topological polar surface area (TPSA) is 119 Å². The highest BCUT2D eigenvalue weighted by atomic mass is 35.5. The Balaban J connectivity index is 1.91. The molecule has 2 amide bonds. The van der Waals surface area contributed by atoms with Crippen LogP contribution in [0.1, 0.15) is 19.3 Å². The highest BCUT2D eigenvalue weighted by Gasteiger charge is 2.49. The van der Waals surface area contributed by atoms with Crippen molar-refractivity contribution in [3.63, 3.8) is 0 Å². The lowest BCUT2D eigenvalue weighted by Crippen LogP contribution is -2.46. The van der Waals surface area contributed by atoms with Crippen LogP contribution in [-0.4, -0.2) is 59.2 Å². The van der Waals surface area contributed by atoms with Crippen molar-refractivity contribution in [2.75, 3.05) is 6.54 Å². The average Bonchev–Trinajstić information content (AvgIpc) is 3.30. The van der Waals surface area contributed by atoms with E-state index in [4.69, 9.17) is 23.2 Å². The van der Waals surface area contributed by atoms with E-state index in [1.807, 2.05) is 0 Å². The molecule has 8 nitrogen and oxygen atoms in total. The minimum atomic E-state index is -4.01. The number of halogens is 2. The number of sulfone groups is 1. The first-order valence-corrected chi connectivity index (χ1v) is 10.4. The first kappa shape index (κ1) is 19.7. The van der Waals surface area contributed by atoms with Crippen LogP contribution in [0.25, 0.3) is 0 Å². The fraction of sp³-hybridized carbons (Fsp3) is 0.438. The van der Waals surface area contributed by atoms with Gasteiger partial charge in [0.05, 0.1) is 15.2 Å². The van der Waals surface area contributed by atoms with Gasteiger partial charge in [0.2, 0.25) is 0 Å². The van der Waals surface area contributed by atoms with E-state index in [0.717, 1.165) is 9.80 Å². The maximum absolute atomic E-state index is 13.0. The molecule has 1 saturated heterocycles. The number of amides is 2. The lowest BCUT2D eigenvalue weighted by molar-refractivity contribution is -0.132. The Labute approximate surface area is 165 Å². The molecular formula is C16H15Cl2N3O5S. The minimum Gasteiger partial charge on any atom is -0.465 e. The fourth-order valence-corrected chi connectivity index (χ4v) is 5.63. The minimum absolute atomic E-state index is 0.0733. The molecular weight excluding hydrogens is 417 g/mol. The Kier molecular flexibility index (Phi) is 5.25. The van der Waals surface area contributed by atoms with Crippen LogP contribution in [0.15, 0.2) is 23.1 Å². The predicted molar refractivity (Wildman–Crippen MR) is 96.1 cm³/mol. The van der Waals surface area contributed by atoms with E-state index < -0.39 is 33.1 Å². The molecule has 1 N–H and O–H groups in total. The van der Waals surface area contributed by atoms with Crippen LogP contribution in [0.5, 0.6) is 0 Å². The highest BCUT2D eigenvalue weighted by molar-refractivity contribution is 7.92. The third-order valence-electron chi connectivity index (χ3n) is 4.69. The van der Waals surface area contributed by atoms with Crippen LogP contribution in [0.2, 0.25) is 10.0 Å². The van der Waals surface area contributed by atoms with Gasteiger partial charge < -0.3 is 5.11 Å². The summed E-state index contributed by atoms with van der Waals surface area (Å²) in [5, 5.41) is 17.7. The quantitative estimate of drug-likeness (QED) is 0.576. The number of carbonyl (C=O) groups is 2. The zero-order valence-corrected chi connectivity index (χ0v) is 16.2. The van der Waals surface area contributed by atoms with E-state index in [9.17, 15) is 28.4 Å². The molecule has 11 heteroatoms. The molecule has 2 fully saturated rings. The van der Waals surface area contributed by atoms with Crippen molar-refractivity contribution in [2.24, 2.45) is 0 Å². The zero-order valence-electron chi connectivity index (χ0n) is 13.9. The largest absolute Gasteiger partial charge is 0.465 e. The van der Waals surface area contributed by atoms with Gasteiger partial charge in [-0.3, -0.25) is 9.69 Å². The van der Waals surface area contributed by atoms with Crippen LogP contribution in [0.3, 0.4) is 0 Å². The summed E-state index contributed by atoms with van der Waals surface area (Å²) in [4.78, 5) is 25.8. The predicted octanol–water partition coefficient (Wildman–Crippen LogP) is 2.36. The van der Waals surface area contributed by atoms with E-state index in [1.54, 1.807) is 6.19 Å². The molecule has 0 bridgehead atoms. The van der Waals surface area contributed by atoms with E-state index in [-0.39, 0.29) is 33.9 Å². The molecule has 1 saturated carbocycles. The molecule has 2 atom stereocenters. The number of carbonyl (C=O) groups excluding carboxylic acids is 1. The molecule has 3 rings (SSSR count). The second-order valence-electron chi connectivity index (χ2n) is 6.47. The number of hydrogen-bond donors (Lipinski definition) is 1. The van der Waals surface area contributed by atoms with Gasteiger partial charge >= 0.3 is 6.09 Å². The molecule has 27 heavy (non-hydrogen) atoms. The third-order valence-corrected chi connectivity index (χ3v) is 7.54. The summed E-state index contributed by atoms with van der Waals surface area (Å²) < 4.78 is 25.9. The first-order valence-electron chi connectivity index (χ1n) is 8.08. The van der Waals surface area contributed by atoms with Gasteiger partial charge in [-0.1, -0.05) is 23.2 Å². The Hall–Kier alpha value is -2.02. The molecule has 0 radical (unpaired) electrons. The van der Waals surface area contributed by atoms with Gasteiger partial charge in [-0.2, -0.15) is 5.26 Å². The molecule has 2 aliphatic rings. The van der Waals surface area contributed by atoms with Crippen LogP contribution < -0.4 is 0 Å². The van der Waals surface area contributed by atoms with E-state index in [1.165, 1.54) is 18.2 Å². The molecule has 144 valence electrons. The highest BCUT2D eigenvalue weighted by Crippen LogP contribution is 2.35. The van der Waals surface area contributed by atoms with Crippen molar-refractivity contribution in [1.29, 1.82) is 5.26 Å². The Morgan fingerprint density at radius 1 is 1.30 bits per heavy atom. The van der Waals surface area contributed by atoms with Gasteiger partial charge in [-0.25, -0.2) is 18.1 Å². The summed E-state index contributed by atoms with van der Waals surface area (Å²) in [7, 11) is -4.01. The Morgan fingerprint density at radius 3 is 2.48 bits per heavy atom. The smallest absolute Gasteiger partial charge is 0.408 e. The molecule has 1 aliphatic carbocycles. The summed E-state index contributed by atoms with van der Waals surface area (Å²) >= 11 is 11.8. The van der Waals surface area contributed by atoms with Crippen molar-refractivity contribution >= 4 is 45.0 Å². The third kappa shape index (κ3) is 3.70. The summed E-state index contributed by atoms with van der Waals surface area (Å²) in [6.45, 7) is -0.378. The molecule has 0 unspecified atom stereocenters. The summed E-state index contributed by atoms with van der Waals surface area (Å²) in [5.74, 6) is -0.692. The number of rotatable bonds is 4. The second kappa shape index (κ2) is 7.19. The summed E-state index contributed by atoms with van der Waals surface area (Å²) in [6.07, 6.45) is 1.46. The average molecular weight is 432 g/mol.